The summed E-state index contributed by atoms with van der Waals surface area (Å²) in [6.45, 7) is 0. The minimum absolute atomic E-state index is 0.0666. The summed E-state index contributed by atoms with van der Waals surface area (Å²) in [4.78, 5) is 9.11. The number of aromatic nitrogens is 2. The molecule has 1 heterocycles. The lowest BCUT2D eigenvalue weighted by Gasteiger charge is -2.03. The number of aromatic hydroxyl groups is 1. The van der Waals surface area contributed by atoms with Crippen LogP contribution in [-0.2, 0) is 0 Å². The van der Waals surface area contributed by atoms with Crippen LogP contribution in [0.4, 0.5) is 5.95 Å². The maximum Gasteiger partial charge on any atom is 0.251 e. The van der Waals surface area contributed by atoms with Gasteiger partial charge in [-0.25, -0.2) is 14.7 Å². The van der Waals surface area contributed by atoms with E-state index < -0.39 is 0 Å². The van der Waals surface area contributed by atoms with Crippen molar-refractivity contribution in [3.63, 3.8) is 0 Å². The lowest BCUT2D eigenvalue weighted by atomic mass is 10.2. The standard InChI is InChI=1S/C24H16Br2Cl2N4O2/c1-34-19-6-3-14(4-7-19)22-13-32(30-12-15-2-5-18(27)10-21(15)28)24(31-22)29-11-16-8-17(25)9-20(26)23(16)33/h2-13,33H,1H3. The fourth-order valence-electron chi connectivity index (χ4n) is 2.98. The molecule has 10 heteroatoms. The summed E-state index contributed by atoms with van der Waals surface area (Å²) in [7, 11) is 1.61. The first-order chi connectivity index (χ1) is 16.3. The van der Waals surface area contributed by atoms with E-state index in [2.05, 4.69) is 46.9 Å². The number of hydrogen-bond donors (Lipinski definition) is 1. The van der Waals surface area contributed by atoms with Crippen molar-refractivity contribution < 1.29 is 9.84 Å². The number of hydrogen-bond acceptors (Lipinski definition) is 5. The molecular weight excluding hydrogens is 607 g/mol. The molecule has 0 amide bonds. The van der Waals surface area contributed by atoms with Gasteiger partial charge >= 0.3 is 0 Å². The summed E-state index contributed by atoms with van der Waals surface area (Å²) < 4.78 is 8.10. The molecule has 0 bridgehead atoms. The maximum absolute atomic E-state index is 10.4. The summed E-state index contributed by atoms with van der Waals surface area (Å²) in [6.07, 6.45) is 4.88. The zero-order valence-electron chi connectivity index (χ0n) is 17.6. The molecule has 0 aliphatic heterocycles. The van der Waals surface area contributed by atoms with Crippen molar-refractivity contribution in [1.82, 2.24) is 9.66 Å². The van der Waals surface area contributed by atoms with Crippen molar-refractivity contribution >= 4 is 73.4 Å². The van der Waals surface area contributed by atoms with Crippen molar-refractivity contribution in [3.05, 3.63) is 90.9 Å². The van der Waals surface area contributed by atoms with Gasteiger partial charge < -0.3 is 9.84 Å². The van der Waals surface area contributed by atoms with Crippen LogP contribution in [0.15, 0.2) is 79.8 Å². The third kappa shape index (κ3) is 5.70. The maximum atomic E-state index is 10.4. The van der Waals surface area contributed by atoms with E-state index in [-0.39, 0.29) is 5.75 Å². The fourth-order valence-corrected chi connectivity index (χ4v) is 4.69. The highest BCUT2D eigenvalue weighted by atomic mass is 79.9. The SMILES string of the molecule is COc1ccc(-c2cn(N=Cc3ccc(Cl)cc3Cl)c(N=Cc3cc(Br)cc(Br)c3O)n2)cc1. The Morgan fingerprint density at radius 3 is 2.47 bits per heavy atom. The minimum Gasteiger partial charge on any atom is -0.506 e. The second-order valence-corrected chi connectivity index (χ2v) is 9.61. The van der Waals surface area contributed by atoms with Gasteiger partial charge in [0.1, 0.15) is 11.5 Å². The second kappa shape index (κ2) is 10.7. The highest BCUT2D eigenvalue weighted by molar-refractivity contribution is 9.11. The molecule has 0 saturated heterocycles. The molecule has 0 fully saturated rings. The van der Waals surface area contributed by atoms with E-state index >= 15 is 0 Å². The Bertz CT molecular complexity index is 1400. The van der Waals surface area contributed by atoms with Crippen LogP contribution in [0.1, 0.15) is 11.1 Å². The molecule has 172 valence electrons. The first kappa shape index (κ1) is 24.5. The van der Waals surface area contributed by atoms with Crippen LogP contribution in [-0.4, -0.2) is 34.3 Å². The molecule has 1 N–H and O–H groups in total. The first-order valence-electron chi connectivity index (χ1n) is 9.79. The monoisotopic (exact) mass is 620 g/mol. The van der Waals surface area contributed by atoms with Gasteiger partial charge in [0.05, 0.1) is 34.7 Å². The molecule has 0 radical (unpaired) electrons. The van der Waals surface area contributed by atoms with Crippen LogP contribution in [0.5, 0.6) is 11.5 Å². The van der Waals surface area contributed by atoms with E-state index in [0.29, 0.717) is 37.3 Å². The highest BCUT2D eigenvalue weighted by Gasteiger charge is 2.11. The van der Waals surface area contributed by atoms with Crippen molar-refractivity contribution in [2.24, 2.45) is 10.1 Å². The first-order valence-corrected chi connectivity index (χ1v) is 12.1. The van der Waals surface area contributed by atoms with Crippen molar-refractivity contribution in [3.8, 4) is 22.8 Å². The summed E-state index contributed by atoms with van der Waals surface area (Å²) in [5, 5.41) is 15.9. The van der Waals surface area contributed by atoms with Crippen LogP contribution in [0, 0.1) is 0 Å². The van der Waals surface area contributed by atoms with Crippen LogP contribution < -0.4 is 4.74 Å². The molecule has 34 heavy (non-hydrogen) atoms. The van der Waals surface area contributed by atoms with Gasteiger partial charge in [-0.2, -0.15) is 5.10 Å². The molecule has 6 nitrogen and oxygen atoms in total. The van der Waals surface area contributed by atoms with Gasteiger partial charge in [0, 0.05) is 32.4 Å². The Kier molecular flexibility index (Phi) is 7.73. The number of methoxy groups -OCH3 is 1. The van der Waals surface area contributed by atoms with Gasteiger partial charge in [-0.15, -0.1) is 0 Å². The molecule has 0 atom stereocenters. The molecule has 0 aliphatic carbocycles. The van der Waals surface area contributed by atoms with Gasteiger partial charge in [0.25, 0.3) is 5.95 Å². The Labute approximate surface area is 222 Å². The molecule has 3 aromatic carbocycles. The van der Waals surface area contributed by atoms with Crippen molar-refractivity contribution in [1.29, 1.82) is 0 Å². The van der Waals surface area contributed by atoms with Crippen LogP contribution in [0.2, 0.25) is 10.0 Å². The highest BCUT2D eigenvalue weighted by Crippen LogP contribution is 2.31. The Morgan fingerprint density at radius 2 is 1.76 bits per heavy atom. The molecule has 0 aliphatic rings. The largest absolute Gasteiger partial charge is 0.506 e. The van der Waals surface area contributed by atoms with Crippen LogP contribution in [0.3, 0.4) is 0 Å². The fraction of sp³-hybridized carbons (Fsp3) is 0.0417. The number of ether oxygens (including phenoxy) is 1. The minimum atomic E-state index is 0.0666. The zero-order chi connectivity index (χ0) is 24.2. The summed E-state index contributed by atoms with van der Waals surface area (Å²) in [5.41, 5.74) is 2.72. The van der Waals surface area contributed by atoms with E-state index in [1.807, 2.05) is 24.3 Å². The van der Waals surface area contributed by atoms with E-state index in [1.165, 1.54) is 10.9 Å². The second-order valence-electron chi connectivity index (χ2n) is 6.99. The van der Waals surface area contributed by atoms with Crippen LogP contribution in [0.25, 0.3) is 11.3 Å². The van der Waals surface area contributed by atoms with Gasteiger partial charge in [-0.05, 0) is 64.5 Å². The number of aliphatic imine (C=N–C) groups is 1. The number of phenolic OH excluding ortho intramolecular Hbond substituents is 1. The van der Waals surface area contributed by atoms with Crippen molar-refractivity contribution in [2.45, 2.75) is 0 Å². The predicted molar refractivity (Wildman–Crippen MR) is 144 cm³/mol. The normalized spacial score (nSPS) is 11.6. The van der Waals surface area contributed by atoms with E-state index in [4.69, 9.17) is 27.9 Å². The molecule has 1 aromatic heterocycles. The number of rotatable bonds is 6. The van der Waals surface area contributed by atoms with Gasteiger partial charge in [0.2, 0.25) is 0 Å². The van der Waals surface area contributed by atoms with E-state index in [0.717, 1.165) is 15.8 Å². The smallest absolute Gasteiger partial charge is 0.251 e. The number of phenols is 1. The van der Waals surface area contributed by atoms with Gasteiger partial charge in [0.15, 0.2) is 0 Å². The topological polar surface area (TPSA) is 72.0 Å². The molecule has 4 aromatic rings. The lowest BCUT2D eigenvalue weighted by Crippen LogP contribution is -1.91. The zero-order valence-corrected chi connectivity index (χ0v) is 22.3. The molecule has 0 unspecified atom stereocenters. The number of benzene rings is 3. The third-order valence-electron chi connectivity index (χ3n) is 4.72. The Balaban J connectivity index is 1.75. The summed E-state index contributed by atoms with van der Waals surface area (Å²) in [6, 6.07) is 16.2. The van der Waals surface area contributed by atoms with Crippen LogP contribution >= 0.6 is 55.1 Å². The Morgan fingerprint density at radius 1 is 1.00 bits per heavy atom. The van der Waals surface area contributed by atoms with Crippen molar-refractivity contribution in [2.75, 3.05) is 7.11 Å². The van der Waals surface area contributed by atoms with E-state index in [1.54, 1.807) is 49.9 Å². The Hall–Kier alpha value is -2.65. The summed E-state index contributed by atoms with van der Waals surface area (Å²) in [5.74, 6) is 1.12. The number of halogens is 4. The third-order valence-corrected chi connectivity index (χ3v) is 6.34. The van der Waals surface area contributed by atoms with Gasteiger partial charge in [-0.3, -0.25) is 0 Å². The van der Waals surface area contributed by atoms with E-state index in [9.17, 15) is 5.11 Å². The number of imidazole rings is 1. The number of nitrogens with zero attached hydrogens (tertiary/aromatic N) is 4. The molecule has 0 spiro atoms. The molecule has 4 rings (SSSR count). The average molecular weight is 623 g/mol. The molecular formula is C24H16Br2Cl2N4O2. The lowest BCUT2D eigenvalue weighted by molar-refractivity contribution is 0.415. The molecule has 0 saturated carbocycles. The summed E-state index contributed by atoms with van der Waals surface area (Å²) >= 11 is 19.0. The van der Waals surface area contributed by atoms with Gasteiger partial charge in [-0.1, -0.05) is 45.2 Å². The average Bonchev–Trinajstić information content (AvgIpc) is 3.23. The quantitative estimate of drug-likeness (QED) is 0.224. The predicted octanol–water partition coefficient (Wildman–Crippen LogP) is 7.73.